The van der Waals surface area contributed by atoms with Crippen molar-refractivity contribution in [2.75, 3.05) is 0 Å². The minimum Gasteiger partial charge on any atom is -0.458 e. The molecule has 0 aliphatic heterocycles. The molecular formula is C10H21NO3. The van der Waals surface area contributed by atoms with Gasteiger partial charge in [-0.05, 0) is 33.1 Å². The van der Waals surface area contributed by atoms with Gasteiger partial charge in [0.05, 0.1) is 0 Å². The highest BCUT2D eigenvalue weighted by Gasteiger charge is 2.26. The number of hydrogen-bond donors (Lipinski definition) is 1. The summed E-state index contributed by atoms with van der Waals surface area (Å²) in [6, 6.07) is 0. The van der Waals surface area contributed by atoms with Crippen LogP contribution in [-0.4, -0.2) is 17.7 Å². The molecule has 0 aliphatic carbocycles. The van der Waals surface area contributed by atoms with Crippen molar-refractivity contribution in [2.45, 2.75) is 52.7 Å². The fourth-order valence-electron chi connectivity index (χ4n) is 1.00. The highest BCUT2D eigenvalue weighted by molar-refractivity contribution is 5.75. The van der Waals surface area contributed by atoms with E-state index in [4.69, 9.17) is 10.6 Å². The van der Waals surface area contributed by atoms with Crippen LogP contribution in [0.4, 0.5) is 0 Å². The highest BCUT2D eigenvalue weighted by atomic mass is 16.7. The third-order valence-electron chi connectivity index (χ3n) is 1.52. The van der Waals surface area contributed by atoms with Crippen molar-refractivity contribution in [1.29, 1.82) is 0 Å². The molecule has 4 nitrogen and oxygen atoms in total. The van der Waals surface area contributed by atoms with E-state index in [0.29, 0.717) is 12.3 Å². The minimum absolute atomic E-state index is 0.344. The van der Waals surface area contributed by atoms with Gasteiger partial charge in [0.2, 0.25) is 0 Å². The molecule has 0 aromatic carbocycles. The fourth-order valence-corrected chi connectivity index (χ4v) is 1.00. The summed E-state index contributed by atoms with van der Waals surface area (Å²) in [6.07, 6.45) is -0.0833. The van der Waals surface area contributed by atoms with Crippen LogP contribution >= 0.6 is 0 Å². The second-order valence-electron chi connectivity index (χ2n) is 4.79. The molecule has 4 heteroatoms. The Morgan fingerprint density at radius 1 is 1.36 bits per heavy atom. The fraction of sp³-hybridized carbons (Fsp3) is 0.900. The van der Waals surface area contributed by atoms with Crippen LogP contribution in [0.1, 0.15) is 41.0 Å². The summed E-state index contributed by atoms with van der Waals surface area (Å²) < 4.78 is 5.15. The maximum absolute atomic E-state index is 11.5. The van der Waals surface area contributed by atoms with Gasteiger partial charge in [-0.3, -0.25) is 4.84 Å². The topological polar surface area (TPSA) is 61.5 Å². The number of carbonyl (C=O) groups excluding carboxylic acids is 1. The predicted octanol–water partition coefficient (Wildman–Crippen LogP) is 1.63. The van der Waals surface area contributed by atoms with Crippen molar-refractivity contribution >= 4 is 5.97 Å². The SMILES string of the molecule is CC(C)C[C@@H](ON)C(=O)OC(C)(C)C. The zero-order chi connectivity index (χ0) is 11.4. The van der Waals surface area contributed by atoms with E-state index in [1.807, 2.05) is 34.6 Å². The first-order valence-corrected chi connectivity index (χ1v) is 4.84. The third kappa shape index (κ3) is 5.94. The molecule has 0 amide bonds. The molecule has 14 heavy (non-hydrogen) atoms. The van der Waals surface area contributed by atoms with Crippen molar-refractivity contribution in [3.05, 3.63) is 0 Å². The quantitative estimate of drug-likeness (QED) is 0.557. The second-order valence-corrected chi connectivity index (χ2v) is 4.79. The molecule has 2 N–H and O–H groups in total. The van der Waals surface area contributed by atoms with Crippen LogP contribution < -0.4 is 5.90 Å². The van der Waals surface area contributed by atoms with E-state index in [1.165, 1.54) is 0 Å². The van der Waals surface area contributed by atoms with Gasteiger partial charge >= 0.3 is 5.97 Å². The molecule has 84 valence electrons. The lowest BCUT2D eigenvalue weighted by Crippen LogP contribution is -2.35. The van der Waals surface area contributed by atoms with Gasteiger partial charge in [0.15, 0.2) is 6.10 Å². The van der Waals surface area contributed by atoms with Gasteiger partial charge < -0.3 is 4.74 Å². The molecular weight excluding hydrogens is 182 g/mol. The number of hydrogen-bond acceptors (Lipinski definition) is 4. The zero-order valence-corrected chi connectivity index (χ0v) is 9.66. The average Bonchev–Trinajstić information content (AvgIpc) is 1.96. The lowest BCUT2D eigenvalue weighted by molar-refractivity contribution is -0.170. The summed E-state index contributed by atoms with van der Waals surface area (Å²) in [5, 5.41) is 0. The second kappa shape index (κ2) is 5.32. The van der Waals surface area contributed by atoms with Gasteiger partial charge in [0.25, 0.3) is 0 Å². The minimum atomic E-state index is -0.658. The first-order chi connectivity index (χ1) is 6.26. The molecule has 0 heterocycles. The molecule has 0 unspecified atom stereocenters. The summed E-state index contributed by atoms with van der Waals surface area (Å²) in [5.41, 5.74) is -0.495. The Morgan fingerprint density at radius 2 is 1.86 bits per heavy atom. The van der Waals surface area contributed by atoms with Crippen LogP contribution in [0.5, 0.6) is 0 Å². The zero-order valence-electron chi connectivity index (χ0n) is 9.66. The van der Waals surface area contributed by atoms with E-state index in [2.05, 4.69) is 4.84 Å². The predicted molar refractivity (Wildman–Crippen MR) is 54.4 cm³/mol. The third-order valence-corrected chi connectivity index (χ3v) is 1.52. The van der Waals surface area contributed by atoms with E-state index in [-0.39, 0.29) is 0 Å². The molecule has 0 fully saturated rings. The Kier molecular flexibility index (Phi) is 5.08. The number of carbonyl (C=O) groups is 1. The Labute approximate surface area is 85.7 Å². The van der Waals surface area contributed by atoms with Gasteiger partial charge in [-0.1, -0.05) is 13.8 Å². The summed E-state index contributed by atoms with van der Waals surface area (Å²) >= 11 is 0. The van der Waals surface area contributed by atoms with Crippen molar-refractivity contribution in [2.24, 2.45) is 11.8 Å². The summed E-state index contributed by atoms with van der Waals surface area (Å²) in [5.74, 6) is 4.99. The summed E-state index contributed by atoms with van der Waals surface area (Å²) in [4.78, 5) is 16.1. The van der Waals surface area contributed by atoms with E-state index in [1.54, 1.807) is 0 Å². The molecule has 1 atom stereocenters. The van der Waals surface area contributed by atoms with Gasteiger partial charge in [-0.15, -0.1) is 0 Å². The van der Waals surface area contributed by atoms with Crippen LogP contribution in [-0.2, 0) is 14.4 Å². The van der Waals surface area contributed by atoms with E-state index in [0.717, 1.165) is 0 Å². The Balaban J connectivity index is 4.18. The first-order valence-electron chi connectivity index (χ1n) is 4.84. The van der Waals surface area contributed by atoms with Gasteiger partial charge in [0, 0.05) is 0 Å². The Hall–Kier alpha value is -0.610. The standard InChI is InChI=1S/C10H21NO3/c1-7(2)6-8(14-11)9(12)13-10(3,4)5/h7-8H,6,11H2,1-5H3/t8-/m1/s1. The molecule has 0 saturated carbocycles. The largest absolute Gasteiger partial charge is 0.458 e. The normalized spacial score (nSPS) is 14.2. The monoisotopic (exact) mass is 203 g/mol. The van der Waals surface area contributed by atoms with Crippen molar-refractivity contribution in [1.82, 2.24) is 0 Å². The van der Waals surface area contributed by atoms with Crippen LogP contribution in [0.15, 0.2) is 0 Å². The van der Waals surface area contributed by atoms with Crippen LogP contribution in [0.2, 0.25) is 0 Å². The molecule has 0 saturated heterocycles. The Bertz CT molecular complexity index is 184. The van der Waals surface area contributed by atoms with E-state index in [9.17, 15) is 4.79 Å². The number of esters is 1. The maximum atomic E-state index is 11.5. The molecule has 0 aliphatic rings. The smallest absolute Gasteiger partial charge is 0.337 e. The molecule has 0 rings (SSSR count). The number of ether oxygens (including phenoxy) is 1. The lowest BCUT2D eigenvalue weighted by atomic mass is 10.1. The van der Waals surface area contributed by atoms with Crippen molar-refractivity contribution < 1.29 is 14.4 Å². The van der Waals surface area contributed by atoms with Crippen LogP contribution in [0.3, 0.4) is 0 Å². The average molecular weight is 203 g/mol. The molecule has 0 aromatic heterocycles. The number of nitrogens with two attached hydrogens (primary N) is 1. The molecule has 0 radical (unpaired) electrons. The van der Waals surface area contributed by atoms with Gasteiger partial charge in [0.1, 0.15) is 5.60 Å². The van der Waals surface area contributed by atoms with Gasteiger partial charge in [-0.25, -0.2) is 10.7 Å². The van der Waals surface area contributed by atoms with Gasteiger partial charge in [-0.2, -0.15) is 0 Å². The molecule has 0 aromatic rings. The maximum Gasteiger partial charge on any atom is 0.337 e. The molecule has 0 spiro atoms. The highest BCUT2D eigenvalue weighted by Crippen LogP contribution is 2.13. The van der Waals surface area contributed by atoms with E-state index >= 15 is 0 Å². The number of rotatable bonds is 4. The summed E-state index contributed by atoms with van der Waals surface area (Å²) in [7, 11) is 0. The summed E-state index contributed by atoms with van der Waals surface area (Å²) in [6.45, 7) is 9.43. The lowest BCUT2D eigenvalue weighted by Gasteiger charge is -2.23. The van der Waals surface area contributed by atoms with E-state index < -0.39 is 17.7 Å². The Morgan fingerprint density at radius 3 is 2.14 bits per heavy atom. The van der Waals surface area contributed by atoms with Crippen LogP contribution in [0.25, 0.3) is 0 Å². The first kappa shape index (κ1) is 13.4. The van der Waals surface area contributed by atoms with Crippen molar-refractivity contribution in [3.8, 4) is 0 Å². The van der Waals surface area contributed by atoms with Crippen molar-refractivity contribution in [3.63, 3.8) is 0 Å². The molecule has 0 bridgehead atoms. The van der Waals surface area contributed by atoms with Crippen LogP contribution in [0, 0.1) is 5.92 Å².